The maximum absolute atomic E-state index is 4.91. The van der Waals surface area contributed by atoms with Crippen LogP contribution in [0.1, 0.15) is 4.88 Å². The summed E-state index contributed by atoms with van der Waals surface area (Å²) >= 11 is 1.76. The van der Waals surface area contributed by atoms with Gasteiger partial charge in [-0.3, -0.25) is 0 Å². The first-order valence-corrected chi connectivity index (χ1v) is 10.8. The Hall–Kier alpha value is -3.12. The number of rotatable bonds is 5. The van der Waals surface area contributed by atoms with E-state index >= 15 is 0 Å². The first-order chi connectivity index (χ1) is 14.4. The first-order valence-electron chi connectivity index (χ1n) is 9.95. The summed E-state index contributed by atoms with van der Waals surface area (Å²) < 4.78 is 0. The molecule has 0 bridgehead atoms. The number of hydrogen-bond acceptors (Lipinski definition) is 6. The lowest BCUT2D eigenvalue weighted by Crippen LogP contribution is -2.47. The molecule has 2 aromatic heterocycles. The van der Waals surface area contributed by atoms with Crippen molar-refractivity contribution in [3.63, 3.8) is 0 Å². The van der Waals surface area contributed by atoms with Crippen LogP contribution in [0.5, 0.6) is 0 Å². The van der Waals surface area contributed by atoms with E-state index in [0.717, 1.165) is 55.4 Å². The van der Waals surface area contributed by atoms with Crippen LogP contribution in [0.4, 0.5) is 17.5 Å². The van der Waals surface area contributed by atoms with Crippen molar-refractivity contribution in [2.75, 3.05) is 41.3 Å². The molecule has 4 aromatic rings. The molecular formula is C23H23N5S. The smallest absolute Gasteiger partial charge is 0.228 e. The summed E-state index contributed by atoms with van der Waals surface area (Å²) in [5, 5.41) is 6.70. The minimum absolute atomic E-state index is 0.778. The quantitative estimate of drug-likeness (QED) is 0.528. The molecule has 3 heterocycles. The van der Waals surface area contributed by atoms with E-state index in [4.69, 9.17) is 9.97 Å². The second kappa shape index (κ2) is 8.09. The summed E-state index contributed by atoms with van der Waals surface area (Å²) in [4.78, 5) is 15.8. The molecule has 1 aliphatic heterocycles. The molecule has 146 valence electrons. The zero-order valence-corrected chi connectivity index (χ0v) is 17.0. The molecule has 5 rings (SSSR count). The van der Waals surface area contributed by atoms with E-state index in [-0.39, 0.29) is 0 Å². The molecule has 0 unspecified atom stereocenters. The van der Waals surface area contributed by atoms with Gasteiger partial charge in [-0.15, -0.1) is 11.3 Å². The van der Waals surface area contributed by atoms with Gasteiger partial charge in [0.1, 0.15) is 5.82 Å². The van der Waals surface area contributed by atoms with E-state index in [9.17, 15) is 0 Å². The third-order valence-electron chi connectivity index (χ3n) is 5.29. The lowest BCUT2D eigenvalue weighted by atomic mass is 10.2. The number of aromatic nitrogens is 2. The summed E-state index contributed by atoms with van der Waals surface area (Å²) in [5.74, 6) is 1.72. The monoisotopic (exact) mass is 401 g/mol. The van der Waals surface area contributed by atoms with Crippen molar-refractivity contribution in [1.82, 2.24) is 9.97 Å². The van der Waals surface area contributed by atoms with Gasteiger partial charge in [-0.25, -0.2) is 4.98 Å². The second-order valence-electron chi connectivity index (χ2n) is 7.13. The maximum atomic E-state index is 4.91. The number of anilines is 3. The van der Waals surface area contributed by atoms with Gasteiger partial charge >= 0.3 is 0 Å². The fraction of sp³-hybridized carbons (Fsp3) is 0.217. The number of benzene rings is 2. The normalized spacial score (nSPS) is 14.3. The average Bonchev–Trinajstić information content (AvgIpc) is 3.32. The molecule has 0 aliphatic carbocycles. The Labute approximate surface area is 174 Å². The van der Waals surface area contributed by atoms with Gasteiger partial charge in [-0.05, 0) is 35.7 Å². The Kier molecular flexibility index (Phi) is 5.01. The number of nitrogens with zero attached hydrogens (tertiary/aromatic N) is 4. The van der Waals surface area contributed by atoms with Crippen molar-refractivity contribution in [2.24, 2.45) is 0 Å². The predicted molar refractivity (Wildman–Crippen MR) is 122 cm³/mol. The summed E-state index contributed by atoms with van der Waals surface area (Å²) in [5.41, 5.74) is 2.27. The van der Waals surface area contributed by atoms with Gasteiger partial charge in [0.05, 0.1) is 12.1 Å². The molecule has 29 heavy (non-hydrogen) atoms. The molecule has 0 radical (unpaired) electrons. The molecule has 1 saturated heterocycles. The second-order valence-corrected chi connectivity index (χ2v) is 8.16. The number of nitrogens with one attached hydrogen (secondary N) is 1. The Balaban J connectivity index is 1.37. The highest BCUT2D eigenvalue weighted by molar-refractivity contribution is 7.09. The van der Waals surface area contributed by atoms with Crippen molar-refractivity contribution >= 4 is 39.7 Å². The van der Waals surface area contributed by atoms with Crippen molar-refractivity contribution < 1.29 is 0 Å². The molecule has 5 nitrogen and oxygen atoms in total. The SMILES string of the molecule is c1ccc(N2CCN(c3nc(NCc4cccs4)c4ccccc4n3)CC2)cc1. The summed E-state index contributed by atoms with van der Waals surface area (Å²) in [6.45, 7) is 4.55. The van der Waals surface area contributed by atoms with Crippen LogP contribution in [-0.2, 0) is 6.54 Å². The molecule has 0 saturated carbocycles. The van der Waals surface area contributed by atoms with E-state index in [0.29, 0.717) is 0 Å². The lowest BCUT2D eigenvalue weighted by Gasteiger charge is -2.36. The number of para-hydroxylation sites is 2. The summed E-state index contributed by atoms with van der Waals surface area (Å²) in [6, 6.07) is 23.1. The number of hydrogen-bond donors (Lipinski definition) is 1. The fourth-order valence-corrected chi connectivity index (χ4v) is 4.37. The molecular weight excluding hydrogens is 378 g/mol. The van der Waals surface area contributed by atoms with Crippen LogP contribution in [0, 0.1) is 0 Å². The van der Waals surface area contributed by atoms with Crippen molar-refractivity contribution in [3.05, 3.63) is 77.0 Å². The standard InChI is InChI=1S/C23H23N5S/c1-2-7-18(8-3-1)27-12-14-28(15-13-27)23-25-21-11-5-4-10-20(21)22(26-23)24-17-19-9-6-16-29-19/h1-11,16H,12-15,17H2,(H,24,25,26). The van der Waals surface area contributed by atoms with Crippen LogP contribution in [0.25, 0.3) is 10.9 Å². The fourth-order valence-electron chi connectivity index (χ4n) is 3.73. The minimum Gasteiger partial charge on any atom is -0.368 e. The molecule has 0 amide bonds. The third-order valence-corrected chi connectivity index (χ3v) is 6.16. The number of fused-ring (bicyclic) bond motifs is 1. The Morgan fingerprint density at radius 2 is 1.55 bits per heavy atom. The van der Waals surface area contributed by atoms with E-state index in [1.54, 1.807) is 11.3 Å². The van der Waals surface area contributed by atoms with Gasteiger partial charge in [-0.2, -0.15) is 4.98 Å². The number of piperazine rings is 1. The zero-order chi connectivity index (χ0) is 19.5. The third kappa shape index (κ3) is 3.89. The highest BCUT2D eigenvalue weighted by Crippen LogP contribution is 2.26. The van der Waals surface area contributed by atoms with Crippen LogP contribution >= 0.6 is 11.3 Å². The molecule has 1 fully saturated rings. The van der Waals surface area contributed by atoms with Crippen LogP contribution in [-0.4, -0.2) is 36.1 Å². The predicted octanol–water partition coefficient (Wildman–Crippen LogP) is 4.63. The molecule has 2 aromatic carbocycles. The Morgan fingerprint density at radius 1 is 0.793 bits per heavy atom. The van der Waals surface area contributed by atoms with Crippen LogP contribution in [0.2, 0.25) is 0 Å². The van der Waals surface area contributed by atoms with Crippen molar-refractivity contribution in [3.8, 4) is 0 Å². The first kappa shape index (κ1) is 17.9. The van der Waals surface area contributed by atoms with Gasteiger partial charge in [-0.1, -0.05) is 36.4 Å². The summed E-state index contributed by atoms with van der Waals surface area (Å²) in [7, 11) is 0. The molecule has 1 aliphatic rings. The Bertz CT molecular complexity index is 1070. The van der Waals surface area contributed by atoms with Gasteiger partial charge in [0.2, 0.25) is 5.95 Å². The zero-order valence-electron chi connectivity index (χ0n) is 16.2. The largest absolute Gasteiger partial charge is 0.368 e. The molecule has 0 atom stereocenters. The molecule has 0 spiro atoms. The highest BCUT2D eigenvalue weighted by atomic mass is 32.1. The average molecular weight is 402 g/mol. The Morgan fingerprint density at radius 3 is 2.34 bits per heavy atom. The minimum atomic E-state index is 0.778. The van der Waals surface area contributed by atoms with Crippen LogP contribution in [0.3, 0.4) is 0 Å². The topological polar surface area (TPSA) is 44.3 Å². The van der Waals surface area contributed by atoms with E-state index in [2.05, 4.69) is 75.1 Å². The molecule has 6 heteroatoms. The van der Waals surface area contributed by atoms with E-state index in [1.807, 2.05) is 12.1 Å². The van der Waals surface area contributed by atoms with Crippen molar-refractivity contribution in [1.29, 1.82) is 0 Å². The van der Waals surface area contributed by atoms with E-state index < -0.39 is 0 Å². The maximum Gasteiger partial charge on any atom is 0.228 e. The van der Waals surface area contributed by atoms with Gasteiger partial charge in [0, 0.05) is 42.1 Å². The van der Waals surface area contributed by atoms with Crippen LogP contribution in [0.15, 0.2) is 72.1 Å². The lowest BCUT2D eigenvalue weighted by molar-refractivity contribution is 0.641. The van der Waals surface area contributed by atoms with Crippen molar-refractivity contribution in [2.45, 2.75) is 6.54 Å². The van der Waals surface area contributed by atoms with Crippen LogP contribution < -0.4 is 15.1 Å². The summed E-state index contributed by atoms with van der Waals surface area (Å²) in [6.07, 6.45) is 0. The van der Waals surface area contributed by atoms with E-state index in [1.165, 1.54) is 10.6 Å². The number of thiophene rings is 1. The highest BCUT2D eigenvalue weighted by Gasteiger charge is 2.20. The van der Waals surface area contributed by atoms with Gasteiger partial charge in [0.25, 0.3) is 0 Å². The van der Waals surface area contributed by atoms with Gasteiger partial charge in [0.15, 0.2) is 0 Å². The molecule has 1 N–H and O–H groups in total. The van der Waals surface area contributed by atoms with Gasteiger partial charge < -0.3 is 15.1 Å².